The molecule has 0 saturated carbocycles. The van der Waals surface area contributed by atoms with Crippen LogP contribution in [-0.4, -0.2) is 76.5 Å². The van der Waals surface area contributed by atoms with Crippen molar-refractivity contribution in [1.29, 1.82) is 0 Å². The molecule has 2 aromatic rings. The molecule has 4 heterocycles. The third kappa shape index (κ3) is 2.42. The molecule has 1 fully saturated rings. The second-order valence-corrected chi connectivity index (χ2v) is 7.53. The molecular weight excluding hydrogens is 374 g/mol. The number of aromatic nitrogens is 4. The standard InChI is InChI=1S/C16H21N5O7/c1-15(14(25)26)13(24)16(2,27)21-6-18-11-10(12(21)19-15)17-5-20(11)9-3-7(23)8(4-22)28-9/h5-9,13,22-24,27H,3-4H2,1-2H3,(H,25,26)/p+1. The molecule has 0 radical (unpaired) electrons. The Morgan fingerprint density at radius 2 is 2.14 bits per heavy atom. The van der Waals surface area contributed by atoms with Crippen LogP contribution in [-0.2, 0) is 15.3 Å². The SMILES string of the molecule is CC1(C(=O)O)Nc2c3ncn(C4CC(O)C(CO)O4)c3nc[n+]2C(C)(O)C1O. The van der Waals surface area contributed by atoms with Gasteiger partial charge in [0.15, 0.2) is 11.6 Å². The highest BCUT2D eigenvalue weighted by molar-refractivity contribution is 5.88. The zero-order valence-corrected chi connectivity index (χ0v) is 15.2. The molecule has 28 heavy (non-hydrogen) atoms. The third-order valence-corrected chi connectivity index (χ3v) is 5.60. The van der Waals surface area contributed by atoms with E-state index in [1.165, 1.54) is 31.1 Å². The molecular formula is C16H22N5O7+. The van der Waals surface area contributed by atoms with Crippen molar-refractivity contribution < 1.29 is 39.6 Å². The van der Waals surface area contributed by atoms with Gasteiger partial charge < -0.3 is 30.3 Å². The Kier molecular flexibility index (Phi) is 4.10. The molecule has 0 spiro atoms. The average Bonchev–Trinajstić information content (AvgIpc) is 3.23. The molecule has 12 heteroatoms. The summed E-state index contributed by atoms with van der Waals surface area (Å²) in [5, 5.41) is 52.9. The predicted molar refractivity (Wildman–Crippen MR) is 90.9 cm³/mol. The van der Waals surface area contributed by atoms with Gasteiger partial charge in [0.1, 0.15) is 18.7 Å². The Hall–Kier alpha value is -2.38. The number of carboxylic acids is 1. The van der Waals surface area contributed by atoms with Gasteiger partial charge in [-0.1, -0.05) is 4.98 Å². The van der Waals surface area contributed by atoms with Crippen LogP contribution >= 0.6 is 0 Å². The van der Waals surface area contributed by atoms with Crippen LogP contribution in [0, 0.1) is 0 Å². The highest BCUT2D eigenvalue weighted by Gasteiger charge is 2.59. The summed E-state index contributed by atoms with van der Waals surface area (Å²) >= 11 is 0. The third-order valence-electron chi connectivity index (χ3n) is 5.60. The molecule has 2 aromatic heterocycles. The molecule has 12 nitrogen and oxygen atoms in total. The summed E-state index contributed by atoms with van der Waals surface area (Å²) < 4.78 is 8.42. The van der Waals surface area contributed by atoms with Crippen LogP contribution in [0.15, 0.2) is 12.7 Å². The maximum absolute atomic E-state index is 11.8. The van der Waals surface area contributed by atoms with Gasteiger partial charge in [-0.3, -0.25) is 9.88 Å². The number of aliphatic hydroxyl groups is 4. The van der Waals surface area contributed by atoms with E-state index in [1.807, 2.05) is 0 Å². The molecule has 0 amide bonds. The second-order valence-electron chi connectivity index (χ2n) is 7.53. The maximum Gasteiger partial charge on any atom is 0.346 e. The number of carboxylic acid groups (broad SMARTS) is 1. The molecule has 152 valence electrons. The van der Waals surface area contributed by atoms with Gasteiger partial charge >= 0.3 is 5.97 Å². The van der Waals surface area contributed by atoms with Gasteiger partial charge in [-0.2, -0.15) is 0 Å². The molecule has 1 saturated heterocycles. The molecule has 0 aromatic carbocycles. The van der Waals surface area contributed by atoms with E-state index in [4.69, 9.17) is 4.74 Å². The number of aliphatic hydroxyl groups excluding tert-OH is 3. The second kappa shape index (κ2) is 6.06. The van der Waals surface area contributed by atoms with Crippen molar-refractivity contribution in [3.05, 3.63) is 12.7 Å². The normalized spacial score (nSPS) is 37.6. The fourth-order valence-electron chi connectivity index (χ4n) is 3.82. The van der Waals surface area contributed by atoms with Crippen molar-refractivity contribution in [3.63, 3.8) is 0 Å². The molecule has 2 aliphatic rings. The van der Waals surface area contributed by atoms with E-state index in [1.54, 1.807) is 4.57 Å². The van der Waals surface area contributed by atoms with Crippen LogP contribution in [0.2, 0.25) is 0 Å². The number of imidazole rings is 1. The average molecular weight is 396 g/mol. The number of fused-ring (bicyclic) bond motifs is 3. The van der Waals surface area contributed by atoms with E-state index in [0.717, 1.165) is 0 Å². The minimum atomic E-state index is -1.96. The summed E-state index contributed by atoms with van der Waals surface area (Å²) in [7, 11) is 0. The molecule has 2 aliphatic heterocycles. The van der Waals surface area contributed by atoms with Crippen molar-refractivity contribution in [2.24, 2.45) is 0 Å². The quantitative estimate of drug-likeness (QED) is 0.308. The van der Waals surface area contributed by atoms with Gasteiger partial charge in [-0.25, -0.2) is 14.3 Å². The summed E-state index contributed by atoms with van der Waals surface area (Å²) in [6.45, 7) is 2.22. The first-order valence-corrected chi connectivity index (χ1v) is 8.75. The zero-order valence-electron chi connectivity index (χ0n) is 15.2. The number of anilines is 1. The van der Waals surface area contributed by atoms with Gasteiger partial charge in [-0.05, 0) is 6.92 Å². The van der Waals surface area contributed by atoms with Gasteiger partial charge in [0.25, 0.3) is 5.82 Å². The Labute approximate surface area is 158 Å². The van der Waals surface area contributed by atoms with E-state index >= 15 is 0 Å². The number of hydrogen-bond acceptors (Lipinski definition) is 9. The highest BCUT2D eigenvalue weighted by Crippen LogP contribution is 2.35. The van der Waals surface area contributed by atoms with E-state index < -0.39 is 41.8 Å². The molecule has 0 bridgehead atoms. The number of aliphatic carboxylic acids is 1. The number of nitrogens with one attached hydrogen (secondary N) is 1. The van der Waals surface area contributed by atoms with Gasteiger partial charge in [0.05, 0.1) is 12.7 Å². The van der Waals surface area contributed by atoms with Gasteiger partial charge in [0.2, 0.25) is 23.2 Å². The van der Waals surface area contributed by atoms with E-state index in [0.29, 0.717) is 5.65 Å². The number of carbonyl (C=O) groups is 1. The van der Waals surface area contributed by atoms with Crippen LogP contribution in [0.3, 0.4) is 0 Å². The van der Waals surface area contributed by atoms with Crippen LogP contribution in [0.1, 0.15) is 26.5 Å². The monoisotopic (exact) mass is 396 g/mol. The predicted octanol–water partition coefficient (Wildman–Crippen LogP) is -2.35. The largest absolute Gasteiger partial charge is 0.478 e. The Bertz CT molecular complexity index is 947. The lowest BCUT2D eigenvalue weighted by molar-refractivity contribution is -0.807. The maximum atomic E-state index is 11.8. The van der Waals surface area contributed by atoms with Crippen LogP contribution in [0.25, 0.3) is 11.2 Å². The lowest BCUT2D eigenvalue weighted by atomic mass is 9.85. The van der Waals surface area contributed by atoms with Crippen molar-refractivity contribution in [2.75, 3.05) is 11.9 Å². The number of hydrogen-bond donors (Lipinski definition) is 6. The zero-order chi connectivity index (χ0) is 20.4. The number of rotatable bonds is 3. The first kappa shape index (κ1) is 19.0. The molecule has 6 N–H and O–H groups in total. The topological polar surface area (TPSA) is 174 Å². The van der Waals surface area contributed by atoms with E-state index in [9.17, 15) is 30.3 Å². The molecule has 6 atom stereocenters. The summed E-state index contributed by atoms with van der Waals surface area (Å²) in [6.07, 6.45) is -0.942. The smallest absolute Gasteiger partial charge is 0.346 e. The fourth-order valence-corrected chi connectivity index (χ4v) is 3.82. The Balaban J connectivity index is 1.84. The van der Waals surface area contributed by atoms with Crippen molar-refractivity contribution in [2.45, 2.75) is 56.1 Å². The van der Waals surface area contributed by atoms with Crippen molar-refractivity contribution in [3.8, 4) is 0 Å². The molecule has 4 rings (SSSR count). The Morgan fingerprint density at radius 3 is 2.75 bits per heavy atom. The summed E-state index contributed by atoms with van der Waals surface area (Å²) in [5.74, 6) is -1.18. The van der Waals surface area contributed by atoms with E-state index in [-0.39, 0.29) is 24.4 Å². The van der Waals surface area contributed by atoms with Crippen molar-refractivity contribution >= 4 is 23.0 Å². The lowest BCUT2D eigenvalue weighted by Gasteiger charge is -2.41. The van der Waals surface area contributed by atoms with Crippen LogP contribution in [0.5, 0.6) is 0 Å². The first-order chi connectivity index (χ1) is 13.1. The molecule has 6 unspecified atom stereocenters. The number of nitrogens with zero attached hydrogens (tertiary/aromatic N) is 4. The summed E-state index contributed by atoms with van der Waals surface area (Å²) in [5.41, 5.74) is -3.24. The fraction of sp³-hybridized carbons (Fsp3) is 0.625. The summed E-state index contributed by atoms with van der Waals surface area (Å²) in [4.78, 5) is 20.3. The molecule has 0 aliphatic carbocycles. The Morgan fingerprint density at radius 1 is 1.43 bits per heavy atom. The van der Waals surface area contributed by atoms with Crippen molar-refractivity contribution in [1.82, 2.24) is 14.5 Å². The minimum absolute atomic E-state index is 0.168. The van der Waals surface area contributed by atoms with E-state index in [2.05, 4.69) is 15.3 Å². The highest BCUT2D eigenvalue weighted by atomic mass is 16.5. The summed E-state index contributed by atoms with van der Waals surface area (Å²) in [6, 6.07) is 0. The first-order valence-electron chi connectivity index (χ1n) is 8.75. The van der Waals surface area contributed by atoms with Crippen LogP contribution < -0.4 is 9.88 Å². The minimum Gasteiger partial charge on any atom is -0.478 e. The van der Waals surface area contributed by atoms with Gasteiger partial charge in [0, 0.05) is 13.3 Å². The van der Waals surface area contributed by atoms with Crippen LogP contribution in [0.4, 0.5) is 5.82 Å². The lowest BCUT2D eigenvalue weighted by Crippen LogP contribution is -2.75. The number of ether oxygens (including phenoxy) is 1. The van der Waals surface area contributed by atoms with Gasteiger partial charge in [-0.15, -0.1) is 0 Å².